The normalized spacial score (nSPS) is 46.7. The molecular weight excluding hydrogens is 945 g/mol. The Morgan fingerprint density at radius 1 is 0.877 bits per heavy atom. The predicted molar refractivity (Wildman–Crippen MR) is 264 cm³/mol. The van der Waals surface area contributed by atoms with E-state index in [4.69, 9.17) is 52.1 Å². The third kappa shape index (κ3) is 11.8. The van der Waals surface area contributed by atoms with Crippen LogP contribution in [-0.2, 0) is 66.5 Å². The number of carboxylic acids is 1. The van der Waals surface area contributed by atoms with Crippen molar-refractivity contribution >= 4 is 17.9 Å². The van der Waals surface area contributed by atoms with E-state index in [-0.39, 0.29) is 37.4 Å². The highest BCUT2D eigenvalue weighted by Crippen LogP contribution is 2.49. The van der Waals surface area contributed by atoms with Crippen LogP contribution in [0.15, 0.2) is 59.3 Å². The number of methoxy groups -OCH3 is 2. The van der Waals surface area contributed by atoms with Gasteiger partial charge in [-0.05, 0) is 81.9 Å². The first kappa shape index (κ1) is 55.9. The summed E-state index contributed by atoms with van der Waals surface area (Å²) in [7, 11) is 3.20. The fourth-order valence-corrected chi connectivity index (χ4v) is 12.7. The molecule has 17 nitrogen and oxygen atoms in total. The minimum atomic E-state index is -2.01. The first-order valence-corrected chi connectivity index (χ1v) is 26.9. The molecule has 0 aromatic carbocycles. The zero-order valence-electron chi connectivity index (χ0n) is 44.4. The molecule has 6 aliphatic heterocycles. The maximum absolute atomic E-state index is 14.9. The van der Waals surface area contributed by atoms with Crippen LogP contribution >= 0.6 is 0 Å². The molecule has 0 radical (unpaired) electrons. The summed E-state index contributed by atoms with van der Waals surface area (Å²) < 4.78 is 70.8. The van der Waals surface area contributed by atoms with E-state index in [2.05, 4.69) is 26.8 Å². The van der Waals surface area contributed by atoms with E-state index < -0.39 is 127 Å². The number of hydrogen-bond donors (Lipinski definition) is 3. The van der Waals surface area contributed by atoms with Gasteiger partial charge in [-0.1, -0.05) is 76.6 Å². The molecule has 5 fully saturated rings. The van der Waals surface area contributed by atoms with Gasteiger partial charge in [-0.2, -0.15) is 0 Å². The molecular formula is C56H82O17. The Balaban J connectivity index is 1.11. The number of carbonyl (C=O) groups excluding carboxylic acids is 2. The average molecular weight is 1030 g/mol. The van der Waals surface area contributed by atoms with E-state index in [1.165, 1.54) is 0 Å². The van der Waals surface area contributed by atoms with Gasteiger partial charge in [0.2, 0.25) is 0 Å². The smallest absolute Gasteiger partial charge is 0.316 e. The third-order valence-electron chi connectivity index (χ3n) is 17.2. The van der Waals surface area contributed by atoms with Crippen LogP contribution in [-0.4, -0.2) is 151 Å². The van der Waals surface area contributed by atoms with Crippen molar-refractivity contribution in [3.05, 3.63) is 59.3 Å². The highest BCUT2D eigenvalue weighted by molar-refractivity contribution is 5.82. The van der Waals surface area contributed by atoms with Gasteiger partial charge in [-0.25, -0.2) is 0 Å². The van der Waals surface area contributed by atoms with Crippen LogP contribution in [0.4, 0.5) is 0 Å². The summed E-state index contributed by atoms with van der Waals surface area (Å²) in [5, 5.41) is 33.7. The summed E-state index contributed by atoms with van der Waals surface area (Å²) in [6.07, 6.45) is 9.06. The number of hydrogen-bond acceptors (Lipinski definition) is 16. The van der Waals surface area contributed by atoms with E-state index in [1.54, 1.807) is 52.4 Å². The molecule has 408 valence electrons. The summed E-state index contributed by atoms with van der Waals surface area (Å²) in [6.45, 7) is 16.0. The molecule has 0 amide bonds. The Morgan fingerprint density at radius 2 is 1.58 bits per heavy atom. The molecule has 8 aliphatic rings. The molecule has 73 heavy (non-hydrogen) atoms. The molecule has 17 heteroatoms. The maximum Gasteiger partial charge on any atom is 0.316 e. The van der Waals surface area contributed by atoms with Crippen LogP contribution in [0, 0.1) is 35.5 Å². The first-order chi connectivity index (χ1) is 34.8. The minimum absolute atomic E-state index is 0.0640. The maximum atomic E-state index is 14.9. The summed E-state index contributed by atoms with van der Waals surface area (Å²) in [4.78, 5) is 41.0. The van der Waals surface area contributed by atoms with E-state index >= 15 is 0 Å². The number of rotatable bonds is 11. The van der Waals surface area contributed by atoms with Crippen LogP contribution in [0.5, 0.6) is 0 Å². The molecule has 2 aliphatic carbocycles. The third-order valence-corrected chi connectivity index (χ3v) is 17.2. The van der Waals surface area contributed by atoms with Crippen LogP contribution in [0.2, 0.25) is 0 Å². The zero-order valence-corrected chi connectivity index (χ0v) is 44.4. The SMILES string of the molecule is CC[C@H](C)[C@H]1O[C@]2(CC[C@@H]1C)CC1C[C@@H](C/C=C(\C)[C@@H](O[C@H]3C[C@H](OC)[C@@H](O[C@H]4C[C@H](OC)[C@@H](O)[C@H](C)O4)[C@H](C)O3)[C@@H](C)/C=C/C=C3\CO[C@@H]4[C@H](OC(=O)C5CC=CCC5C(=O)O)C(C)=C[C@@H](C(=O)O1)[C@]34O)O2. The number of ether oxygens (including phenoxy) is 11. The van der Waals surface area contributed by atoms with Gasteiger partial charge in [-0.3, -0.25) is 14.4 Å². The van der Waals surface area contributed by atoms with Crippen molar-refractivity contribution in [1.82, 2.24) is 0 Å². The number of esters is 2. The van der Waals surface area contributed by atoms with E-state index in [0.29, 0.717) is 55.6 Å². The van der Waals surface area contributed by atoms with Gasteiger partial charge in [0.15, 0.2) is 24.5 Å². The number of allylic oxidation sites excluding steroid dienone is 4. The summed E-state index contributed by atoms with van der Waals surface area (Å²) in [5.41, 5.74) is -0.213. The minimum Gasteiger partial charge on any atom is -0.481 e. The summed E-state index contributed by atoms with van der Waals surface area (Å²) >= 11 is 0. The molecule has 5 saturated heterocycles. The fourth-order valence-electron chi connectivity index (χ4n) is 12.7. The number of aliphatic hydroxyl groups excluding tert-OH is 1. The topological polar surface area (TPSA) is 213 Å². The molecule has 0 saturated carbocycles. The number of aliphatic hydroxyl groups is 2. The molecule has 0 aromatic rings. The van der Waals surface area contributed by atoms with Gasteiger partial charge in [0, 0.05) is 52.2 Å². The summed E-state index contributed by atoms with van der Waals surface area (Å²) in [6, 6.07) is 0. The van der Waals surface area contributed by atoms with Crippen molar-refractivity contribution < 1.29 is 81.8 Å². The lowest BCUT2D eigenvalue weighted by Crippen LogP contribution is -2.59. The van der Waals surface area contributed by atoms with Crippen molar-refractivity contribution in [3.8, 4) is 0 Å². The van der Waals surface area contributed by atoms with Crippen LogP contribution in [0.25, 0.3) is 0 Å². The van der Waals surface area contributed by atoms with E-state index in [1.807, 2.05) is 32.9 Å². The lowest BCUT2D eigenvalue weighted by molar-refractivity contribution is -0.340. The molecule has 22 atom stereocenters. The van der Waals surface area contributed by atoms with Gasteiger partial charge in [0.05, 0.1) is 61.2 Å². The number of carboxylic acid groups (broad SMARTS) is 1. The van der Waals surface area contributed by atoms with E-state index in [0.717, 1.165) is 18.4 Å². The van der Waals surface area contributed by atoms with Crippen molar-refractivity contribution in [2.24, 2.45) is 35.5 Å². The molecule has 3 N–H and O–H groups in total. The number of carbonyl (C=O) groups is 3. The first-order valence-electron chi connectivity index (χ1n) is 26.9. The quantitative estimate of drug-likeness (QED) is 0.143. The van der Waals surface area contributed by atoms with Crippen LogP contribution < -0.4 is 0 Å². The molecule has 0 aromatic heterocycles. The zero-order chi connectivity index (χ0) is 52.5. The van der Waals surface area contributed by atoms with Crippen molar-refractivity contribution in [3.63, 3.8) is 0 Å². The van der Waals surface area contributed by atoms with E-state index in [9.17, 15) is 29.7 Å². The molecule has 1 spiro atoms. The van der Waals surface area contributed by atoms with Crippen LogP contribution in [0.1, 0.15) is 120 Å². The Labute approximate surface area is 430 Å². The monoisotopic (exact) mass is 1030 g/mol. The van der Waals surface area contributed by atoms with Gasteiger partial charge >= 0.3 is 17.9 Å². The predicted octanol–water partition coefficient (Wildman–Crippen LogP) is 6.82. The second-order valence-corrected chi connectivity index (χ2v) is 22.3. The van der Waals surface area contributed by atoms with Gasteiger partial charge in [0.25, 0.3) is 0 Å². The average Bonchev–Trinajstić information content (AvgIpc) is 3.70. The van der Waals surface area contributed by atoms with Crippen molar-refractivity contribution in [2.45, 2.75) is 217 Å². The van der Waals surface area contributed by atoms with Gasteiger partial charge in [0.1, 0.15) is 35.9 Å². The van der Waals surface area contributed by atoms with Gasteiger partial charge in [-0.15, -0.1) is 0 Å². The Bertz CT molecular complexity index is 2110. The Kier molecular flexibility index (Phi) is 18.0. The largest absolute Gasteiger partial charge is 0.481 e. The lowest BCUT2D eigenvalue weighted by Gasteiger charge is -2.51. The van der Waals surface area contributed by atoms with Crippen molar-refractivity contribution in [1.29, 1.82) is 0 Å². The molecule has 2 bridgehead atoms. The molecule has 3 unspecified atom stereocenters. The molecule has 8 rings (SSSR count). The highest BCUT2D eigenvalue weighted by Gasteiger charge is 2.62. The van der Waals surface area contributed by atoms with Gasteiger partial charge < -0.3 is 67.4 Å². The Hall–Kier alpha value is -3.33. The second kappa shape index (κ2) is 23.5. The number of aliphatic carboxylic acids is 1. The molecule has 6 heterocycles. The van der Waals surface area contributed by atoms with Crippen LogP contribution in [0.3, 0.4) is 0 Å². The summed E-state index contributed by atoms with van der Waals surface area (Å²) in [5.74, 6) is -6.30. The number of fused-ring (bicyclic) bond motifs is 2. The lowest BCUT2D eigenvalue weighted by atomic mass is 9.70. The highest BCUT2D eigenvalue weighted by atomic mass is 16.7. The second-order valence-electron chi connectivity index (χ2n) is 22.3. The standard InChI is InChI=1S/C56H82O17/c1-11-29(2)48-32(5)21-22-55(73-48)27-38-24-37(72-55)20-19-31(4)47(69-45-26-43(64-10)50(35(8)67-45)70-44-25-42(63-9)46(57)34(7)66-44)30(3)15-14-16-36-28-65-51-49(33(6)23-41(54(61)68-38)56(36,51)62)71-53(60)40-18-13-12-17-39(40)52(58)59/h12-16,19,23,29-30,32,34-35,37-51,57,62H,11,17-18,20-22,24-28H2,1-10H3,(H,58,59)/b15-14+,31-19+,36-16+/t29-,30-,32-,34-,35-,37+,38?,39?,40?,41-,42-,43-,44-,45-,46-,47-,48+,49+,50-,51+,55+,56+/m0/s1. The Morgan fingerprint density at radius 3 is 2.29 bits per heavy atom. The fraction of sp³-hybridized carbons (Fsp3) is 0.768. The van der Waals surface area contributed by atoms with Crippen molar-refractivity contribution in [2.75, 3.05) is 20.8 Å².